The van der Waals surface area contributed by atoms with Crippen molar-refractivity contribution in [3.05, 3.63) is 65.7 Å². The van der Waals surface area contributed by atoms with E-state index in [4.69, 9.17) is 4.74 Å². The third kappa shape index (κ3) is 10.8. The summed E-state index contributed by atoms with van der Waals surface area (Å²) in [5.41, 5.74) is 2.77. The molecule has 4 rings (SSSR count). The highest BCUT2D eigenvalue weighted by atomic mass is 16.5. The molecule has 0 spiro atoms. The van der Waals surface area contributed by atoms with Crippen LogP contribution in [0.25, 0.3) is 0 Å². The molecule has 35 heavy (non-hydrogen) atoms. The minimum atomic E-state index is 0.854. The van der Waals surface area contributed by atoms with Gasteiger partial charge < -0.3 is 9.64 Å². The predicted molar refractivity (Wildman–Crippen MR) is 152 cm³/mol. The van der Waals surface area contributed by atoms with Crippen molar-refractivity contribution in [3.8, 4) is 5.75 Å². The molecule has 2 aliphatic heterocycles. The number of nitrogens with zero attached hydrogens (tertiary/aromatic N) is 2. The van der Waals surface area contributed by atoms with E-state index < -0.39 is 0 Å². The molecule has 2 heterocycles. The van der Waals surface area contributed by atoms with Gasteiger partial charge >= 0.3 is 0 Å². The Balaban J connectivity index is 0.000000227. The monoisotopic (exact) mass is 480 g/mol. The average Bonchev–Trinajstić information content (AvgIpc) is 3.53. The molecule has 3 nitrogen and oxygen atoms in total. The number of benzene rings is 2. The molecule has 2 aromatic carbocycles. The summed E-state index contributed by atoms with van der Waals surface area (Å²) in [6.45, 7) is 18.6. The zero-order valence-corrected chi connectivity index (χ0v) is 23.5. The number of rotatable bonds is 8. The SMILES string of the molecule is CC1CCN(CCc2ccccc2)C1.CCC.CCC(C)C1CCN(Cc2ccccc2OC)C1. The number of ether oxygens (including phenoxy) is 1. The molecule has 2 aromatic rings. The summed E-state index contributed by atoms with van der Waals surface area (Å²) in [5, 5.41) is 0. The second-order valence-electron chi connectivity index (χ2n) is 10.6. The maximum absolute atomic E-state index is 5.42. The van der Waals surface area contributed by atoms with Gasteiger partial charge in [-0.2, -0.15) is 0 Å². The van der Waals surface area contributed by atoms with Gasteiger partial charge in [-0.3, -0.25) is 4.90 Å². The van der Waals surface area contributed by atoms with Crippen molar-refractivity contribution in [2.45, 2.75) is 73.3 Å². The lowest BCUT2D eigenvalue weighted by Crippen LogP contribution is -2.22. The van der Waals surface area contributed by atoms with Crippen LogP contribution < -0.4 is 4.74 Å². The van der Waals surface area contributed by atoms with E-state index in [1.54, 1.807) is 7.11 Å². The minimum Gasteiger partial charge on any atom is -0.496 e. The molecule has 2 aliphatic rings. The number of hydrogen-bond acceptors (Lipinski definition) is 3. The van der Waals surface area contributed by atoms with Crippen molar-refractivity contribution in [1.29, 1.82) is 0 Å². The molecule has 196 valence electrons. The van der Waals surface area contributed by atoms with E-state index in [2.05, 4.69) is 92.9 Å². The van der Waals surface area contributed by atoms with Crippen molar-refractivity contribution >= 4 is 0 Å². The third-order valence-corrected chi connectivity index (χ3v) is 7.41. The first-order valence-corrected chi connectivity index (χ1v) is 14.1. The van der Waals surface area contributed by atoms with Gasteiger partial charge in [-0.15, -0.1) is 0 Å². The van der Waals surface area contributed by atoms with E-state index in [-0.39, 0.29) is 0 Å². The fourth-order valence-corrected chi connectivity index (χ4v) is 5.04. The number of para-hydroxylation sites is 1. The Morgan fingerprint density at radius 1 is 0.886 bits per heavy atom. The van der Waals surface area contributed by atoms with Gasteiger partial charge in [-0.1, -0.05) is 96.0 Å². The first kappa shape index (κ1) is 29.4. The maximum atomic E-state index is 5.42. The molecule has 0 amide bonds. The summed E-state index contributed by atoms with van der Waals surface area (Å²) in [4.78, 5) is 5.15. The maximum Gasteiger partial charge on any atom is 0.123 e. The molecular formula is C32H52N2O. The number of methoxy groups -OCH3 is 1. The number of likely N-dealkylation sites (tertiary alicyclic amines) is 2. The highest BCUT2D eigenvalue weighted by molar-refractivity contribution is 5.33. The fraction of sp³-hybridized carbons (Fsp3) is 0.625. The van der Waals surface area contributed by atoms with Crippen molar-refractivity contribution in [3.63, 3.8) is 0 Å². The van der Waals surface area contributed by atoms with Crippen LogP contribution in [0.5, 0.6) is 5.75 Å². The molecule has 0 N–H and O–H groups in total. The van der Waals surface area contributed by atoms with Crippen LogP contribution in [0.1, 0.15) is 71.4 Å². The van der Waals surface area contributed by atoms with Gasteiger partial charge in [0.1, 0.15) is 5.75 Å². The molecule has 0 bridgehead atoms. The molecular weight excluding hydrogens is 428 g/mol. The largest absolute Gasteiger partial charge is 0.496 e. The van der Waals surface area contributed by atoms with Crippen molar-refractivity contribution in [2.24, 2.45) is 17.8 Å². The summed E-state index contributed by atoms with van der Waals surface area (Å²) >= 11 is 0. The van der Waals surface area contributed by atoms with E-state index in [1.165, 1.54) is 76.0 Å². The zero-order valence-electron chi connectivity index (χ0n) is 23.5. The molecule has 0 aromatic heterocycles. The van der Waals surface area contributed by atoms with Crippen molar-refractivity contribution < 1.29 is 4.74 Å². The van der Waals surface area contributed by atoms with Crippen LogP contribution in [0, 0.1) is 17.8 Å². The average molecular weight is 481 g/mol. The van der Waals surface area contributed by atoms with E-state index in [1.807, 2.05) is 6.07 Å². The van der Waals surface area contributed by atoms with Crippen LogP contribution in [0.4, 0.5) is 0 Å². The Kier molecular flexibility index (Phi) is 14.1. The smallest absolute Gasteiger partial charge is 0.123 e. The lowest BCUT2D eigenvalue weighted by Gasteiger charge is -2.20. The summed E-state index contributed by atoms with van der Waals surface area (Å²) in [7, 11) is 1.75. The first-order valence-electron chi connectivity index (χ1n) is 14.1. The lowest BCUT2D eigenvalue weighted by molar-refractivity contribution is 0.282. The van der Waals surface area contributed by atoms with Crippen LogP contribution in [-0.4, -0.2) is 49.6 Å². The lowest BCUT2D eigenvalue weighted by atomic mass is 9.91. The van der Waals surface area contributed by atoms with E-state index in [0.717, 1.165) is 30.0 Å². The first-order chi connectivity index (χ1) is 17.0. The predicted octanol–water partition coefficient (Wildman–Crippen LogP) is 7.55. The molecule has 3 heteroatoms. The van der Waals surface area contributed by atoms with Crippen LogP contribution in [-0.2, 0) is 13.0 Å². The van der Waals surface area contributed by atoms with Crippen LogP contribution in [0.2, 0.25) is 0 Å². The molecule has 0 aliphatic carbocycles. The highest BCUT2D eigenvalue weighted by Crippen LogP contribution is 2.28. The van der Waals surface area contributed by atoms with Gasteiger partial charge in [0.05, 0.1) is 7.11 Å². The standard InChI is InChI=1S/C16H25NO.C13H19N.C3H8/c1-4-13(2)14-9-10-17(11-14)12-15-7-5-6-8-16(15)18-3;1-12-7-9-14(11-12)10-8-13-5-3-2-4-6-13;1-3-2/h5-8,13-14H,4,9-12H2,1-3H3;2-6,12H,7-11H2,1H3;3H2,1-2H3. The zero-order chi connectivity index (χ0) is 25.5. The van der Waals surface area contributed by atoms with Gasteiger partial charge in [0.2, 0.25) is 0 Å². The number of hydrogen-bond donors (Lipinski definition) is 0. The summed E-state index contributed by atoms with van der Waals surface area (Å²) in [5.74, 6) is 3.66. The highest BCUT2D eigenvalue weighted by Gasteiger charge is 2.26. The summed E-state index contributed by atoms with van der Waals surface area (Å²) in [6.07, 6.45) is 6.49. The van der Waals surface area contributed by atoms with Crippen LogP contribution in [0.15, 0.2) is 54.6 Å². The van der Waals surface area contributed by atoms with Gasteiger partial charge in [-0.05, 0) is 61.7 Å². The Morgan fingerprint density at radius 3 is 2.17 bits per heavy atom. The molecule has 3 unspecified atom stereocenters. The van der Waals surface area contributed by atoms with E-state index in [0.29, 0.717) is 0 Å². The van der Waals surface area contributed by atoms with Crippen molar-refractivity contribution in [1.82, 2.24) is 9.80 Å². The normalized spacial score (nSPS) is 21.0. The second kappa shape index (κ2) is 16.8. The minimum absolute atomic E-state index is 0.854. The summed E-state index contributed by atoms with van der Waals surface area (Å²) in [6, 6.07) is 19.1. The Hall–Kier alpha value is -1.84. The quantitative estimate of drug-likeness (QED) is 0.388. The van der Waals surface area contributed by atoms with Crippen LogP contribution in [0.3, 0.4) is 0 Å². The molecule has 0 saturated carbocycles. The Morgan fingerprint density at radius 2 is 1.54 bits per heavy atom. The van der Waals surface area contributed by atoms with Gasteiger partial charge in [0.15, 0.2) is 0 Å². The Bertz CT molecular complexity index is 793. The molecule has 3 atom stereocenters. The van der Waals surface area contributed by atoms with Gasteiger partial charge in [0, 0.05) is 31.7 Å². The van der Waals surface area contributed by atoms with E-state index >= 15 is 0 Å². The van der Waals surface area contributed by atoms with Gasteiger partial charge in [0.25, 0.3) is 0 Å². The topological polar surface area (TPSA) is 15.7 Å². The fourth-order valence-electron chi connectivity index (χ4n) is 5.04. The molecule has 2 saturated heterocycles. The summed E-state index contributed by atoms with van der Waals surface area (Å²) < 4.78 is 5.42. The third-order valence-electron chi connectivity index (χ3n) is 7.41. The van der Waals surface area contributed by atoms with Crippen molar-refractivity contribution in [2.75, 3.05) is 39.8 Å². The van der Waals surface area contributed by atoms with Gasteiger partial charge in [-0.25, -0.2) is 0 Å². The molecule has 0 radical (unpaired) electrons. The Labute approximate surface area is 216 Å². The van der Waals surface area contributed by atoms with Crippen LogP contribution >= 0.6 is 0 Å². The van der Waals surface area contributed by atoms with E-state index in [9.17, 15) is 0 Å². The second-order valence-corrected chi connectivity index (χ2v) is 10.6. The molecule has 2 fully saturated rings.